The lowest BCUT2D eigenvalue weighted by molar-refractivity contribution is -0.161. The van der Waals surface area contributed by atoms with Gasteiger partial charge in [0.2, 0.25) is 5.91 Å². The van der Waals surface area contributed by atoms with E-state index in [1.165, 1.54) is 4.90 Å². The molecule has 12 nitrogen and oxygen atoms in total. The van der Waals surface area contributed by atoms with Crippen molar-refractivity contribution in [2.75, 3.05) is 6.54 Å². The molecule has 1 heterocycles. The molecule has 2 rings (SSSR count). The molecule has 0 unspecified atom stereocenters. The van der Waals surface area contributed by atoms with E-state index in [0.29, 0.717) is 25.8 Å². The Morgan fingerprint density at radius 3 is 2.02 bits per heavy atom. The van der Waals surface area contributed by atoms with Gasteiger partial charge in [0.1, 0.15) is 24.3 Å². The number of rotatable bonds is 17. The summed E-state index contributed by atoms with van der Waals surface area (Å²) in [7, 11) is -2.48. The molecule has 1 aliphatic heterocycles. The molecule has 0 bridgehead atoms. The number of carbonyl (C=O) groups excluding carboxylic acids is 5. The van der Waals surface area contributed by atoms with Crippen LogP contribution < -0.4 is 10.6 Å². The normalized spacial score (nSPS) is 17.5. The molecule has 0 saturated carbocycles. The smallest absolute Gasteiger partial charge is 0.407 e. The number of esters is 2. The lowest BCUT2D eigenvalue weighted by Gasteiger charge is -2.42. The zero-order valence-electron chi connectivity index (χ0n) is 35.4. The fraction of sp³-hybridized carbons (Fsp3) is 0.732. The van der Waals surface area contributed by atoms with E-state index in [4.69, 9.17) is 18.6 Å². The van der Waals surface area contributed by atoms with Crippen molar-refractivity contribution in [1.82, 2.24) is 15.5 Å². The van der Waals surface area contributed by atoms with Crippen LogP contribution in [0.5, 0.6) is 0 Å². The third-order valence-corrected chi connectivity index (χ3v) is 14.4. The third-order valence-electron chi connectivity index (χ3n) is 9.90. The fourth-order valence-electron chi connectivity index (χ4n) is 6.02. The highest BCUT2D eigenvalue weighted by atomic mass is 28.4. The van der Waals surface area contributed by atoms with Crippen molar-refractivity contribution in [2.24, 2.45) is 17.8 Å². The summed E-state index contributed by atoms with van der Waals surface area (Å²) < 4.78 is 23.8. The molecule has 13 heteroatoms. The van der Waals surface area contributed by atoms with E-state index in [0.717, 1.165) is 5.56 Å². The minimum atomic E-state index is -2.48. The number of nitrogens with one attached hydrogen (secondary N) is 2. The Bertz CT molecular complexity index is 1400. The zero-order valence-corrected chi connectivity index (χ0v) is 36.4. The molecule has 0 radical (unpaired) electrons. The quantitative estimate of drug-likeness (QED) is 0.0956. The van der Waals surface area contributed by atoms with Gasteiger partial charge >= 0.3 is 18.0 Å². The maximum absolute atomic E-state index is 14.0. The monoisotopic (exact) mass is 775 g/mol. The van der Waals surface area contributed by atoms with E-state index in [9.17, 15) is 24.0 Å². The van der Waals surface area contributed by atoms with Crippen LogP contribution in [-0.4, -0.2) is 85.5 Å². The lowest BCUT2D eigenvalue weighted by atomic mass is 9.96. The van der Waals surface area contributed by atoms with Crippen molar-refractivity contribution in [3.8, 4) is 0 Å². The molecule has 306 valence electrons. The topological polar surface area (TPSA) is 150 Å². The number of carbonyl (C=O) groups is 5. The summed E-state index contributed by atoms with van der Waals surface area (Å²) in [6.45, 7) is 27.5. The molecule has 1 fully saturated rings. The molecule has 0 aliphatic carbocycles. The number of alkyl carbamates (subject to hydrolysis) is 1. The summed E-state index contributed by atoms with van der Waals surface area (Å²) in [5.74, 6) is -2.67. The molecular formula is C41H69N3O9Si. The van der Waals surface area contributed by atoms with Crippen LogP contribution in [0, 0.1) is 17.8 Å². The molecule has 1 aliphatic rings. The Morgan fingerprint density at radius 1 is 0.889 bits per heavy atom. The largest absolute Gasteiger partial charge is 0.459 e. The maximum Gasteiger partial charge on any atom is 0.407 e. The van der Waals surface area contributed by atoms with E-state index in [2.05, 4.69) is 44.5 Å². The van der Waals surface area contributed by atoms with Gasteiger partial charge in [-0.3, -0.25) is 14.4 Å². The predicted octanol–water partition coefficient (Wildman–Crippen LogP) is 7.15. The van der Waals surface area contributed by atoms with Gasteiger partial charge in [-0.05, 0) is 81.5 Å². The van der Waals surface area contributed by atoms with Crippen LogP contribution in [0.2, 0.25) is 18.1 Å². The summed E-state index contributed by atoms with van der Waals surface area (Å²) in [6.07, 6.45) is -1.42. The summed E-state index contributed by atoms with van der Waals surface area (Å²) in [6, 6.07) is 7.03. The van der Waals surface area contributed by atoms with Crippen molar-refractivity contribution in [3.05, 3.63) is 35.9 Å². The second-order valence-corrected chi connectivity index (χ2v) is 22.9. The standard InChI is InChI=1S/C41H69N3O9Si/c1-26(2)23-30(37(47)44-22-18-21-31(44)38(48)50-25-29-19-16-15-17-20-29)42-36(46)35(28(5)6)51-33(45)24-32(53-54(13,14)41(10,11)12)34(27(3)4)43-39(49)52-40(7,8)9/h15-17,19-20,26-28,30-32,34-35H,18,21-25H2,1-14H3,(H,42,46)(H,43,49)/t30-,31-,32-,34+,35-/m0/s1. The zero-order chi connectivity index (χ0) is 41.2. The molecule has 54 heavy (non-hydrogen) atoms. The van der Waals surface area contributed by atoms with Gasteiger partial charge in [-0.15, -0.1) is 0 Å². The van der Waals surface area contributed by atoms with Crippen molar-refractivity contribution in [1.29, 1.82) is 0 Å². The van der Waals surface area contributed by atoms with Crippen LogP contribution in [0.1, 0.15) is 114 Å². The molecule has 0 spiro atoms. The molecular weight excluding hydrogens is 707 g/mol. The minimum Gasteiger partial charge on any atom is -0.459 e. The Kier molecular flexibility index (Phi) is 17.2. The summed E-state index contributed by atoms with van der Waals surface area (Å²) in [5.41, 5.74) is 0.117. The first kappa shape index (κ1) is 46.7. The van der Waals surface area contributed by atoms with Gasteiger partial charge in [-0.1, -0.05) is 92.6 Å². The van der Waals surface area contributed by atoms with Crippen LogP contribution in [0.15, 0.2) is 30.3 Å². The van der Waals surface area contributed by atoms with Gasteiger partial charge in [0, 0.05) is 6.54 Å². The second kappa shape index (κ2) is 19.9. The van der Waals surface area contributed by atoms with Crippen molar-refractivity contribution < 1.29 is 42.6 Å². The Balaban J connectivity index is 2.28. The van der Waals surface area contributed by atoms with Crippen LogP contribution in [-0.2, 0) is 44.4 Å². The summed E-state index contributed by atoms with van der Waals surface area (Å²) in [4.78, 5) is 69.4. The molecule has 3 amide bonds. The average Bonchev–Trinajstić information content (AvgIpc) is 3.53. The lowest BCUT2D eigenvalue weighted by Crippen LogP contribution is -2.56. The number of benzene rings is 1. The van der Waals surface area contributed by atoms with Crippen LogP contribution >= 0.6 is 0 Å². The number of hydrogen-bond acceptors (Lipinski definition) is 9. The van der Waals surface area contributed by atoms with Gasteiger partial charge in [0.15, 0.2) is 14.4 Å². The number of hydrogen-bond donors (Lipinski definition) is 2. The third kappa shape index (κ3) is 14.7. The van der Waals surface area contributed by atoms with Gasteiger partial charge in [-0.25, -0.2) is 9.59 Å². The molecule has 1 aromatic rings. The van der Waals surface area contributed by atoms with Crippen LogP contribution in [0.3, 0.4) is 0 Å². The highest BCUT2D eigenvalue weighted by molar-refractivity contribution is 6.74. The molecule has 1 aromatic carbocycles. The van der Waals surface area contributed by atoms with Crippen molar-refractivity contribution in [3.63, 3.8) is 0 Å². The second-order valence-electron chi connectivity index (χ2n) is 18.2. The Morgan fingerprint density at radius 2 is 1.50 bits per heavy atom. The summed E-state index contributed by atoms with van der Waals surface area (Å²) >= 11 is 0. The number of ether oxygens (including phenoxy) is 3. The van der Waals surface area contributed by atoms with Crippen LogP contribution in [0.4, 0.5) is 4.79 Å². The molecule has 0 aromatic heterocycles. The highest BCUT2D eigenvalue weighted by Gasteiger charge is 2.44. The number of amides is 3. The van der Waals surface area contributed by atoms with E-state index in [1.807, 2.05) is 58.0 Å². The first-order valence-electron chi connectivity index (χ1n) is 19.5. The highest BCUT2D eigenvalue weighted by Crippen LogP contribution is 2.38. The Labute approximate surface area is 325 Å². The Hall–Kier alpha value is -3.45. The molecule has 5 atom stereocenters. The first-order valence-corrected chi connectivity index (χ1v) is 22.4. The van der Waals surface area contributed by atoms with Gasteiger partial charge in [0.25, 0.3) is 5.91 Å². The van der Waals surface area contributed by atoms with Crippen LogP contribution in [0.25, 0.3) is 0 Å². The fourth-order valence-corrected chi connectivity index (χ4v) is 7.36. The van der Waals surface area contributed by atoms with Crippen molar-refractivity contribution in [2.45, 2.75) is 169 Å². The predicted molar refractivity (Wildman–Crippen MR) is 212 cm³/mol. The summed E-state index contributed by atoms with van der Waals surface area (Å²) in [5, 5.41) is 5.61. The van der Waals surface area contributed by atoms with Gasteiger partial charge in [0.05, 0.1) is 18.6 Å². The average molecular weight is 776 g/mol. The minimum absolute atomic E-state index is 0.0315. The van der Waals surface area contributed by atoms with E-state index >= 15 is 0 Å². The van der Waals surface area contributed by atoms with E-state index < -0.39 is 74.1 Å². The number of nitrogens with zero attached hydrogens (tertiary/aromatic N) is 1. The van der Waals surface area contributed by atoms with Gasteiger partial charge < -0.3 is 34.2 Å². The van der Waals surface area contributed by atoms with Crippen molar-refractivity contribution >= 4 is 38.2 Å². The SMILES string of the molecule is CC(C)C[C@H](NC(=O)[C@@H](OC(=O)C[C@H](O[Si](C)(C)C(C)(C)C)[C@H](NC(=O)OC(C)(C)C)C(C)C)C(C)C)C(=O)N1CCC[C@H]1C(=O)OCc1ccccc1. The first-order chi connectivity index (χ1) is 24.8. The van der Waals surface area contributed by atoms with E-state index in [-0.39, 0.29) is 35.8 Å². The number of likely N-dealkylation sites (tertiary alicyclic amines) is 1. The molecule has 2 N–H and O–H groups in total. The van der Waals surface area contributed by atoms with E-state index in [1.54, 1.807) is 34.6 Å². The molecule has 1 saturated heterocycles. The maximum atomic E-state index is 14.0. The van der Waals surface area contributed by atoms with Gasteiger partial charge in [-0.2, -0.15) is 0 Å².